The van der Waals surface area contributed by atoms with Gasteiger partial charge in [-0.2, -0.15) is 4.98 Å². The molecule has 34 heavy (non-hydrogen) atoms. The minimum Gasteiger partial charge on any atom is -0.478 e. The molecular formula is C26H28FN5O2. The van der Waals surface area contributed by atoms with Gasteiger partial charge in [0.2, 0.25) is 11.4 Å². The molecule has 0 saturated carbocycles. The van der Waals surface area contributed by atoms with Crippen LogP contribution in [0.3, 0.4) is 0 Å². The lowest BCUT2D eigenvalue weighted by molar-refractivity contribution is 0.236. The Kier molecular flexibility index (Phi) is 6.40. The number of fused-ring (bicyclic) bond motifs is 2. The summed E-state index contributed by atoms with van der Waals surface area (Å²) in [5, 5.41) is 2.79. The summed E-state index contributed by atoms with van der Waals surface area (Å²) in [6.07, 6.45) is 1.97. The molecule has 3 aromatic heterocycles. The van der Waals surface area contributed by atoms with Crippen molar-refractivity contribution in [2.75, 3.05) is 44.2 Å². The summed E-state index contributed by atoms with van der Waals surface area (Å²) in [4.78, 5) is 28.1. The largest absolute Gasteiger partial charge is 0.478 e. The molecule has 1 fully saturated rings. The van der Waals surface area contributed by atoms with Crippen LogP contribution >= 0.6 is 0 Å². The van der Waals surface area contributed by atoms with Crippen molar-refractivity contribution in [2.45, 2.75) is 19.8 Å². The predicted octanol–water partition coefficient (Wildman–Crippen LogP) is 3.90. The normalized spacial score (nSPS) is 14.7. The van der Waals surface area contributed by atoms with E-state index in [2.05, 4.69) is 19.8 Å². The van der Waals surface area contributed by atoms with Crippen LogP contribution in [0.5, 0.6) is 5.88 Å². The molecule has 4 heterocycles. The maximum Gasteiger partial charge on any atom is 0.249 e. The summed E-state index contributed by atoms with van der Waals surface area (Å²) in [5.41, 5.74) is 1.28. The Hall–Kier alpha value is -3.52. The second-order valence-electron chi connectivity index (χ2n) is 8.75. The van der Waals surface area contributed by atoms with Gasteiger partial charge in [0.25, 0.3) is 0 Å². The number of nitrogens with one attached hydrogen (secondary N) is 1. The van der Waals surface area contributed by atoms with Gasteiger partial charge in [-0.15, -0.1) is 0 Å². The molecule has 1 aromatic carbocycles. The number of aryl methyl sites for hydroxylation is 1. The monoisotopic (exact) mass is 461 g/mol. The number of pyridine rings is 3. The topological polar surface area (TPSA) is 74.3 Å². The Morgan fingerprint density at radius 3 is 2.65 bits per heavy atom. The maximum absolute atomic E-state index is 13.7. The fourth-order valence-corrected chi connectivity index (χ4v) is 4.47. The summed E-state index contributed by atoms with van der Waals surface area (Å²) in [6, 6.07) is 13.8. The molecule has 0 atom stereocenters. The Bertz CT molecular complexity index is 1360. The van der Waals surface area contributed by atoms with Crippen molar-refractivity contribution in [3.05, 3.63) is 70.4 Å². The Labute approximate surface area is 197 Å². The Morgan fingerprint density at radius 2 is 1.79 bits per heavy atom. The van der Waals surface area contributed by atoms with Gasteiger partial charge in [-0.1, -0.05) is 0 Å². The first-order valence-electron chi connectivity index (χ1n) is 11.7. The van der Waals surface area contributed by atoms with Gasteiger partial charge in [0.1, 0.15) is 17.3 Å². The van der Waals surface area contributed by atoms with Crippen LogP contribution in [0.25, 0.3) is 21.8 Å². The minimum absolute atomic E-state index is 0.169. The highest BCUT2D eigenvalue weighted by atomic mass is 19.1. The molecule has 0 bridgehead atoms. The molecule has 176 valence electrons. The number of rotatable bonds is 7. The number of hydrogen-bond donors (Lipinski definition) is 1. The summed E-state index contributed by atoms with van der Waals surface area (Å²) in [5.74, 6) is 1.26. The van der Waals surface area contributed by atoms with Crippen molar-refractivity contribution in [2.24, 2.45) is 0 Å². The highest BCUT2D eigenvalue weighted by molar-refractivity contribution is 5.92. The number of nitrogens with zero attached hydrogens (tertiary/aromatic N) is 4. The van der Waals surface area contributed by atoms with Crippen LogP contribution in [0.1, 0.15) is 18.5 Å². The van der Waals surface area contributed by atoms with E-state index in [0.717, 1.165) is 73.2 Å². The van der Waals surface area contributed by atoms with Crippen LogP contribution < -0.4 is 15.2 Å². The van der Waals surface area contributed by atoms with Gasteiger partial charge in [-0.25, -0.2) is 9.37 Å². The average molecular weight is 462 g/mol. The standard InChI is InChI=1S/C26H28FN5O2/c1-18-16-20-17-21(27)6-7-22(20)26(28-18)32-13-11-31(12-14-32)10-2-3-15-34-24-9-5-19-4-8-23(33)29-25(19)30-24/h4-9,16-17H,2-3,10-15H2,1H3,(H,29,30,33). The molecule has 0 amide bonds. The van der Waals surface area contributed by atoms with Crippen molar-refractivity contribution in [1.29, 1.82) is 0 Å². The summed E-state index contributed by atoms with van der Waals surface area (Å²) in [7, 11) is 0. The third-order valence-electron chi connectivity index (χ3n) is 6.25. The van der Waals surface area contributed by atoms with E-state index >= 15 is 0 Å². The summed E-state index contributed by atoms with van der Waals surface area (Å²) in [6.45, 7) is 7.31. The molecule has 0 radical (unpaired) electrons. The van der Waals surface area contributed by atoms with Crippen molar-refractivity contribution in [1.82, 2.24) is 19.9 Å². The number of aromatic nitrogens is 3. The van der Waals surface area contributed by atoms with Gasteiger partial charge in [0.05, 0.1) is 6.61 Å². The average Bonchev–Trinajstić information content (AvgIpc) is 2.83. The third kappa shape index (κ3) is 5.02. The van der Waals surface area contributed by atoms with Crippen molar-refractivity contribution in [3.8, 4) is 5.88 Å². The van der Waals surface area contributed by atoms with Crippen LogP contribution in [-0.4, -0.2) is 59.2 Å². The van der Waals surface area contributed by atoms with Crippen LogP contribution in [-0.2, 0) is 0 Å². The minimum atomic E-state index is -0.218. The second-order valence-corrected chi connectivity index (χ2v) is 8.75. The number of hydrogen-bond acceptors (Lipinski definition) is 6. The number of piperazine rings is 1. The molecule has 4 aromatic rings. The fourth-order valence-electron chi connectivity index (χ4n) is 4.47. The number of unbranched alkanes of at least 4 members (excludes halogenated alkanes) is 1. The lowest BCUT2D eigenvalue weighted by atomic mass is 10.1. The first-order chi connectivity index (χ1) is 16.5. The highest BCUT2D eigenvalue weighted by Crippen LogP contribution is 2.27. The van der Waals surface area contributed by atoms with Gasteiger partial charge in [-0.3, -0.25) is 9.69 Å². The molecular weight excluding hydrogens is 433 g/mol. The summed E-state index contributed by atoms with van der Waals surface area (Å²) >= 11 is 0. The molecule has 0 unspecified atom stereocenters. The number of H-pyrrole nitrogens is 1. The molecule has 1 aliphatic heterocycles. The molecule has 1 aliphatic rings. The first-order valence-corrected chi connectivity index (χ1v) is 11.7. The third-order valence-corrected chi connectivity index (χ3v) is 6.25. The summed E-state index contributed by atoms with van der Waals surface area (Å²) < 4.78 is 19.5. The maximum atomic E-state index is 13.7. The van der Waals surface area contributed by atoms with E-state index < -0.39 is 0 Å². The molecule has 1 saturated heterocycles. The van der Waals surface area contributed by atoms with Crippen LogP contribution in [0.4, 0.5) is 10.2 Å². The van der Waals surface area contributed by atoms with E-state index in [4.69, 9.17) is 9.72 Å². The van der Waals surface area contributed by atoms with Crippen LogP contribution in [0.2, 0.25) is 0 Å². The smallest absolute Gasteiger partial charge is 0.249 e. The van der Waals surface area contributed by atoms with E-state index in [1.165, 1.54) is 12.1 Å². The lowest BCUT2D eigenvalue weighted by Crippen LogP contribution is -2.47. The van der Waals surface area contributed by atoms with Crippen LogP contribution in [0, 0.1) is 12.7 Å². The van der Waals surface area contributed by atoms with E-state index in [0.29, 0.717) is 18.1 Å². The van der Waals surface area contributed by atoms with Gasteiger partial charge < -0.3 is 14.6 Å². The quantitative estimate of drug-likeness (QED) is 0.421. The van der Waals surface area contributed by atoms with E-state index in [1.54, 1.807) is 12.1 Å². The number of aromatic amines is 1. The molecule has 8 heteroatoms. The van der Waals surface area contributed by atoms with E-state index in [-0.39, 0.29) is 11.4 Å². The molecule has 0 aliphatic carbocycles. The van der Waals surface area contributed by atoms with Crippen LogP contribution in [0.15, 0.2) is 53.3 Å². The van der Waals surface area contributed by atoms with Gasteiger partial charge in [-0.05, 0) is 68.1 Å². The first kappa shape index (κ1) is 22.3. The van der Waals surface area contributed by atoms with Gasteiger partial charge in [0, 0.05) is 54.8 Å². The highest BCUT2D eigenvalue weighted by Gasteiger charge is 2.20. The molecule has 1 N–H and O–H groups in total. The zero-order valence-corrected chi connectivity index (χ0v) is 19.3. The molecule has 0 spiro atoms. The second kappa shape index (κ2) is 9.77. The number of ether oxygens (including phenoxy) is 1. The van der Waals surface area contributed by atoms with Gasteiger partial charge >= 0.3 is 0 Å². The SMILES string of the molecule is Cc1cc2cc(F)ccc2c(N2CCN(CCCCOc3ccc4ccc(=O)[nH]c4n3)CC2)n1. The predicted molar refractivity (Wildman–Crippen MR) is 132 cm³/mol. The lowest BCUT2D eigenvalue weighted by Gasteiger charge is -2.36. The Balaban J connectivity index is 1.09. The molecule has 5 rings (SSSR count). The van der Waals surface area contributed by atoms with Crippen molar-refractivity contribution < 1.29 is 9.13 Å². The number of anilines is 1. The van der Waals surface area contributed by atoms with Crippen molar-refractivity contribution in [3.63, 3.8) is 0 Å². The van der Waals surface area contributed by atoms with Gasteiger partial charge in [0.15, 0.2) is 0 Å². The zero-order chi connectivity index (χ0) is 23.5. The van der Waals surface area contributed by atoms with Crippen molar-refractivity contribution >= 4 is 27.6 Å². The Morgan fingerprint density at radius 1 is 0.971 bits per heavy atom. The molecule has 7 nitrogen and oxygen atoms in total. The van der Waals surface area contributed by atoms with E-state index in [9.17, 15) is 9.18 Å². The number of benzene rings is 1. The van der Waals surface area contributed by atoms with E-state index in [1.807, 2.05) is 31.2 Å². The number of halogens is 1. The zero-order valence-electron chi connectivity index (χ0n) is 19.3. The fraction of sp³-hybridized carbons (Fsp3) is 0.346.